The number of nitrogens with one attached hydrogen (secondary N) is 1. The first kappa shape index (κ1) is 15.2. The number of hydrogen-bond donors (Lipinski definition) is 1. The van der Waals surface area contributed by atoms with Gasteiger partial charge in [-0.25, -0.2) is 4.98 Å². The first-order valence-electron chi connectivity index (χ1n) is 8.14. The standard InChI is InChI=1S/C20H17N3O2/c24-20-14-18(22-19-10-3-4-12-23(19)20)21-11-13-25-17-9-5-7-15-6-1-2-8-16(15)17/h1-10,12,14,21H,11,13H2. The minimum atomic E-state index is -0.108. The van der Waals surface area contributed by atoms with Crippen molar-refractivity contribution in [3.63, 3.8) is 0 Å². The second-order valence-corrected chi connectivity index (χ2v) is 5.66. The number of aromatic nitrogens is 2. The van der Waals surface area contributed by atoms with E-state index in [1.165, 1.54) is 10.5 Å². The average molecular weight is 331 g/mol. The lowest BCUT2D eigenvalue weighted by Gasteiger charge is -2.10. The van der Waals surface area contributed by atoms with Gasteiger partial charge in [-0.1, -0.05) is 42.5 Å². The molecule has 0 saturated carbocycles. The number of fused-ring (bicyclic) bond motifs is 2. The van der Waals surface area contributed by atoms with Gasteiger partial charge in [0.25, 0.3) is 5.56 Å². The van der Waals surface area contributed by atoms with E-state index in [1.807, 2.05) is 36.4 Å². The third-order valence-electron chi connectivity index (χ3n) is 3.99. The van der Waals surface area contributed by atoms with Crippen LogP contribution in [-0.2, 0) is 0 Å². The average Bonchev–Trinajstić information content (AvgIpc) is 2.65. The molecule has 5 nitrogen and oxygen atoms in total. The lowest BCUT2D eigenvalue weighted by atomic mass is 10.1. The van der Waals surface area contributed by atoms with Crippen LogP contribution in [0.2, 0.25) is 0 Å². The van der Waals surface area contributed by atoms with E-state index in [9.17, 15) is 4.79 Å². The number of nitrogens with zero attached hydrogens (tertiary/aromatic N) is 2. The molecule has 2 heterocycles. The highest BCUT2D eigenvalue weighted by molar-refractivity contribution is 5.88. The molecular weight excluding hydrogens is 314 g/mol. The summed E-state index contributed by atoms with van der Waals surface area (Å²) in [6.07, 6.45) is 1.71. The number of rotatable bonds is 5. The van der Waals surface area contributed by atoms with Gasteiger partial charge >= 0.3 is 0 Å². The van der Waals surface area contributed by atoms with Gasteiger partial charge in [-0.05, 0) is 23.6 Å². The van der Waals surface area contributed by atoms with E-state index in [4.69, 9.17) is 4.74 Å². The van der Waals surface area contributed by atoms with Crippen molar-refractivity contribution in [3.05, 3.63) is 83.3 Å². The van der Waals surface area contributed by atoms with Crippen molar-refractivity contribution >= 4 is 22.2 Å². The van der Waals surface area contributed by atoms with E-state index >= 15 is 0 Å². The summed E-state index contributed by atoms with van der Waals surface area (Å²) in [5, 5.41) is 5.39. The Bertz CT molecular complexity index is 1080. The zero-order chi connectivity index (χ0) is 17.1. The Morgan fingerprint density at radius 2 is 1.84 bits per heavy atom. The molecule has 124 valence electrons. The summed E-state index contributed by atoms with van der Waals surface area (Å²) in [5.41, 5.74) is 0.510. The quantitative estimate of drug-likeness (QED) is 0.570. The van der Waals surface area contributed by atoms with Crippen LogP contribution >= 0.6 is 0 Å². The van der Waals surface area contributed by atoms with Gasteiger partial charge in [-0.15, -0.1) is 0 Å². The van der Waals surface area contributed by atoms with Crippen molar-refractivity contribution in [3.8, 4) is 5.75 Å². The Kier molecular flexibility index (Phi) is 4.04. The molecule has 5 heteroatoms. The van der Waals surface area contributed by atoms with Crippen molar-refractivity contribution in [1.82, 2.24) is 9.38 Å². The number of pyridine rings is 1. The Hall–Kier alpha value is -3.34. The summed E-state index contributed by atoms with van der Waals surface area (Å²) in [4.78, 5) is 16.5. The summed E-state index contributed by atoms with van der Waals surface area (Å²) >= 11 is 0. The van der Waals surface area contributed by atoms with Crippen LogP contribution in [0.1, 0.15) is 0 Å². The van der Waals surface area contributed by atoms with E-state index in [-0.39, 0.29) is 5.56 Å². The predicted octanol–water partition coefficient (Wildman–Crippen LogP) is 3.34. The van der Waals surface area contributed by atoms with E-state index in [1.54, 1.807) is 18.3 Å². The molecule has 0 amide bonds. The van der Waals surface area contributed by atoms with Crippen molar-refractivity contribution in [1.29, 1.82) is 0 Å². The molecule has 2 aromatic carbocycles. The van der Waals surface area contributed by atoms with Gasteiger partial charge in [0.05, 0.1) is 6.54 Å². The lowest BCUT2D eigenvalue weighted by molar-refractivity contribution is 0.336. The van der Waals surface area contributed by atoms with Gasteiger partial charge in [0.15, 0.2) is 0 Å². The summed E-state index contributed by atoms with van der Waals surface area (Å²) in [6, 6.07) is 21.1. The summed E-state index contributed by atoms with van der Waals surface area (Å²) in [5.74, 6) is 1.41. The molecule has 1 N–H and O–H groups in total. The molecule has 0 radical (unpaired) electrons. The molecule has 0 atom stereocenters. The van der Waals surface area contributed by atoms with Gasteiger partial charge in [0.2, 0.25) is 0 Å². The van der Waals surface area contributed by atoms with Gasteiger partial charge in [0, 0.05) is 17.6 Å². The highest BCUT2D eigenvalue weighted by atomic mass is 16.5. The highest BCUT2D eigenvalue weighted by Gasteiger charge is 2.03. The van der Waals surface area contributed by atoms with Crippen molar-refractivity contribution in [2.45, 2.75) is 0 Å². The van der Waals surface area contributed by atoms with Crippen LogP contribution in [0.25, 0.3) is 16.4 Å². The smallest absolute Gasteiger partial charge is 0.259 e. The molecule has 25 heavy (non-hydrogen) atoms. The second-order valence-electron chi connectivity index (χ2n) is 5.66. The van der Waals surface area contributed by atoms with Gasteiger partial charge in [-0.3, -0.25) is 9.20 Å². The molecule has 0 aliphatic carbocycles. The van der Waals surface area contributed by atoms with Gasteiger partial charge in [0.1, 0.15) is 23.8 Å². The minimum absolute atomic E-state index is 0.108. The fourth-order valence-corrected chi connectivity index (χ4v) is 2.81. The fourth-order valence-electron chi connectivity index (χ4n) is 2.81. The molecule has 4 rings (SSSR count). The van der Waals surface area contributed by atoms with Crippen LogP contribution in [0.4, 0.5) is 5.82 Å². The zero-order valence-corrected chi connectivity index (χ0v) is 13.6. The maximum Gasteiger partial charge on any atom is 0.259 e. The van der Waals surface area contributed by atoms with Crippen LogP contribution in [0.15, 0.2) is 77.7 Å². The van der Waals surface area contributed by atoms with E-state index in [0.29, 0.717) is 24.6 Å². The normalized spacial score (nSPS) is 10.9. The van der Waals surface area contributed by atoms with Crippen LogP contribution < -0.4 is 15.6 Å². The molecule has 4 aromatic rings. The summed E-state index contributed by atoms with van der Waals surface area (Å²) < 4.78 is 7.40. The Labute approximate surface area is 144 Å². The van der Waals surface area contributed by atoms with Gasteiger partial charge < -0.3 is 10.1 Å². The maximum atomic E-state index is 12.1. The monoisotopic (exact) mass is 331 g/mol. The predicted molar refractivity (Wildman–Crippen MR) is 99.4 cm³/mol. The molecule has 0 aliphatic heterocycles. The zero-order valence-electron chi connectivity index (χ0n) is 13.6. The number of anilines is 1. The van der Waals surface area contributed by atoms with Crippen molar-refractivity contribution in [2.24, 2.45) is 0 Å². The lowest BCUT2D eigenvalue weighted by Crippen LogP contribution is -2.18. The highest BCUT2D eigenvalue weighted by Crippen LogP contribution is 2.24. The van der Waals surface area contributed by atoms with Crippen LogP contribution in [0.3, 0.4) is 0 Å². The van der Waals surface area contributed by atoms with E-state index in [0.717, 1.165) is 16.5 Å². The van der Waals surface area contributed by atoms with E-state index < -0.39 is 0 Å². The summed E-state index contributed by atoms with van der Waals surface area (Å²) in [7, 11) is 0. The second kappa shape index (κ2) is 6.65. The molecular formula is C20H17N3O2. The van der Waals surface area contributed by atoms with Crippen molar-refractivity contribution in [2.75, 3.05) is 18.5 Å². The summed E-state index contributed by atoms with van der Waals surface area (Å²) in [6.45, 7) is 1.03. The number of hydrogen-bond acceptors (Lipinski definition) is 4. The topological polar surface area (TPSA) is 55.6 Å². The third-order valence-corrected chi connectivity index (χ3v) is 3.99. The van der Waals surface area contributed by atoms with E-state index in [2.05, 4.69) is 22.4 Å². The largest absolute Gasteiger partial charge is 0.491 e. The minimum Gasteiger partial charge on any atom is -0.491 e. The Morgan fingerprint density at radius 1 is 1.00 bits per heavy atom. The molecule has 0 bridgehead atoms. The van der Waals surface area contributed by atoms with Crippen LogP contribution in [0.5, 0.6) is 5.75 Å². The van der Waals surface area contributed by atoms with Crippen molar-refractivity contribution < 1.29 is 4.74 Å². The Morgan fingerprint density at radius 3 is 2.80 bits per heavy atom. The maximum absolute atomic E-state index is 12.1. The first-order valence-corrected chi connectivity index (χ1v) is 8.14. The van der Waals surface area contributed by atoms with Gasteiger partial charge in [-0.2, -0.15) is 0 Å². The first-order chi connectivity index (χ1) is 12.3. The molecule has 0 aliphatic rings. The number of ether oxygens (including phenoxy) is 1. The third kappa shape index (κ3) is 3.17. The van der Waals surface area contributed by atoms with Crippen LogP contribution in [0, 0.1) is 0 Å². The fraction of sp³-hybridized carbons (Fsp3) is 0.100. The molecule has 0 fully saturated rings. The number of benzene rings is 2. The molecule has 2 aromatic heterocycles. The molecule has 0 saturated heterocycles. The Balaban J connectivity index is 1.43. The molecule has 0 spiro atoms. The van der Waals surface area contributed by atoms with Crippen LogP contribution in [-0.4, -0.2) is 22.5 Å². The SMILES string of the molecule is O=c1cc(NCCOc2cccc3ccccc23)nc2ccccn12. The molecule has 0 unspecified atom stereocenters.